The summed E-state index contributed by atoms with van der Waals surface area (Å²) in [5.41, 5.74) is 4.05. The Hall–Kier alpha value is -2.86. The lowest BCUT2D eigenvalue weighted by atomic mass is 10.0. The summed E-state index contributed by atoms with van der Waals surface area (Å²) in [6.45, 7) is 4.57. The molecule has 3 aromatic rings. The van der Waals surface area contributed by atoms with Crippen LogP contribution in [0.1, 0.15) is 42.2 Å². The number of benzene rings is 3. The van der Waals surface area contributed by atoms with Crippen LogP contribution in [-0.4, -0.2) is 30.5 Å². The van der Waals surface area contributed by atoms with E-state index in [1.165, 1.54) is 5.56 Å². The SMILES string of the molecule is CCOC(=O)Oc1ccccc1Cc1ccc(CC(C)NCC(O)c2cccc(Cl)c2)cc1. The molecule has 2 unspecified atom stereocenters. The quantitative estimate of drug-likeness (QED) is 0.295. The van der Waals surface area contributed by atoms with E-state index < -0.39 is 12.3 Å². The van der Waals surface area contributed by atoms with Crippen molar-refractivity contribution in [1.82, 2.24) is 5.32 Å². The summed E-state index contributed by atoms with van der Waals surface area (Å²) >= 11 is 6.01. The molecular weight excluding hydrogens is 438 g/mol. The molecule has 0 spiro atoms. The molecule has 5 nitrogen and oxygen atoms in total. The summed E-state index contributed by atoms with van der Waals surface area (Å²) < 4.78 is 10.2. The summed E-state index contributed by atoms with van der Waals surface area (Å²) in [5, 5.41) is 14.4. The minimum absolute atomic E-state index is 0.198. The molecule has 0 heterocycles. The van der Waals surface area contributed by atoms with Gasteiger partial charge in [-0.15, -0.1) is 0 Å². The molecule has 0 saturated carbocycles. The molecule has 0 aliphatic rings. The number of aliphatic hydroxyl groups excluding tert-OH is 1. The van der Waals surface area contributed by atoms with Crippen LogP contribution in [0.2, 0.25) is 5.02 Å². The molecule has 0 aliphatic carbocycles. The molecule has 0 saturated heterocycles. The monoisotopic (exact) mass is 467 g/mol. The molecule has 3 rings (SSSR count). The van der Waals surface area contributed by atoms with Crippen LogP contribution in [0.25, 0.3) is 0 Å². The van der Waals surface area contributed by atoms with Crippen molar-refractivity contribution in [2.45, 2.75) is 38.8 Å². The van der Waals surface area contributed by atoms with Gasteiger partial charge in [0.15, 0.2) is 0 Å². The fourth-order valence-electron chi connectivity index (χ4n) is 3.57. The molecule has 2 N–H and O–H groups in total. The number of para-hydroxylation sites is 1. The first-order valence-corrected chi connectivity index (χ1v) is 11.5. The average Bonchev–Trinajstić information content (AvgIpc) is 2.80. The van der Waals surface area contributed by atoms with E-state index in [0.29, 0.717) is 23.7 Å². The number of rotatable bonds is 10. The second kappa shape index (κ2) is 12.4. The summed E-state index contributed by atoms with van der Waals surface area (Å²) in [7, 11) is 0. The highest BCUT2D eigenvalue weighted by molar-refractivity contribution is 6.30. The second-order valence-electron chi connectivity index (χ2n) is 7.97. The molecule has 3 aromatic carbocycles. The third-order valence-corrected chi connectivity index (χ3v) is 5.52. The van der Waals surface area contributed by atoms with Crippen LogP contribution < -0.4 is 10.1 Å². The van der Waals surface area contributed by atoms with Crippen molar-refractivity contribution in [2.24, 2.45) is 0 Å². The summed E-state index contributed by atoms with van der Waals surface area (Å²) in [4.78, 5) is 11.7. The van der Waals surface area contributed by atoms with E-state index in [1.807, 2.05) is 30.3 Å². The number of ether oxygens (including phenoxy) is 2. The van der Waals surface area contributed by atoms with Crippen molar-refractivity contribution in [3.8, 4) is 5.75 Å². The Morgan fingerprint density at radius 2 is 1.76 bits per heavy atom. The first-order valence-electron chi connectivity index (χ1n) is 11.1. The largest absolute Gasteiger partial charge is 0.513 e. The van der Waals surface area contributed by atoms with Crippen molar-refractivity contribution in [1.29, 1.82) is 0 Å². The zero-order chi connectivity index (χ0) is 23.6. The van der Waals surface area contributed by atoms with Gasteiger partial charge in [-0.3, -0.25) is 0 Å². The van der Waals surface area contributed by atoms with Gasteiger partial charge < -0.3 is 19.9 Å². The molecule has 0 aromatic heterocycles. The van der Waals surface area contributed by atoms with Gasteiger partial charge in [0.2, 0.25) is 0 Å². The highest BCUT2D eigenvalue weighted by Gasteiger charge is 2.12. The van der Waals surface area contributed by atoms with E-state index >= 15 is 0 Å². The van der Waals surface area contributed by atoms with Crippen LogP contribution in [0.4, 0.5) is 4.79 Å². The van der Waals surface area contributed by atoms with E-state index in [2.05, 4.69) is 36.5 Å². The summed E-state index contributed by atoms with van der Waals surface area (Å²) in [6.07, 6.45) is 0.188. The normalized spacial score (nSPS) is 12.7. The maximum Gasteiger partial charge on any atom is 0.513 e. The van der Waals surface area contributed by atoms with Gasteiger partial charge in [-0.2, -0.15) is 0 Å². The van der Waals surface area contributed by atoms with Gasteiger partial charge in [-0.1, -0.05) is 66.2 Å². The van der Waals surface area contributed by atoms with Gasteiger partial charge >= 0.3 is 6.16 Å². The molecule has 6 heteroatoms. The van der Waals surface area contributed by atoms with Crippen molar-refractivity contribution >= 4 is 17.8 Å². The zero-order valence-corrected chi connectivity index (χ0v) is 19.7. The van der Waals surface area contributed by atoms with Crippen LogP contribution in [-0.2, 0) is 17.6 Å². The van der Waals surface area contributed by atoms with Gasteiger partial charge in [0.25, 0.3) is 0 Å². The lowest BCUT2D eigenvalue weighted by Gasteiger charge is -2.18. The second-order valence-corrected chi connectivity index (χ2v) is 8.41. The molecule has 0 radical (unpaired) electrons. The Kier molecular flexibility index (Phi) is 9.31. The van der Waals surface area contributed by atoms with Crippen LogP contribution in [0.3, 0.4) is 0 Å². The highest BCUT2D eigenvalue weighted by atomic mass is 35.5. The number of aliphatic hydroxyl groups is 1. The maximum atomic E-state index is 11.7. The minimum Gasteiger partial charge on any atom is -0.434 e. The smallest absolute Gasteiger partial charge is 0.434 e. The number of halogens is 1. The van der Waals surface area contributed by atoms with E-state index in [0.717, 1.165) is 23.1 Å². The van der Waals surface area contributed by atoms with Gasteiger partial charge in [0.1, 0.15) is 5.75 Å². The Balaban J connectivity index is 1.53. The van der Waals surface area contributed by atoms with Crippen LogP contribution in [0, 0.1) is 0 Å². The third kappa shape index (κ3) is 7.90. The molecule has 0 aliphatic heterocycles. The summed E-state index contributed by atoms with van der Waals surface area (Å²) in [5.74, 6) is 0.510. The number of carbonyl (C=O) groups excluding carboxylic acids is 1. The average molecular weight is 468 g/mol. The zero-order valence-electron chi connectivity index (χ0n) is 19.0. The Morgan fingerprint density at radius 1 is 1.03 bits per heavy atom. The number of nitrogens with one attached hydrogen (secondary N) is 1. The highest BCUT2D eigenvalue weighted by Crippen LogP contribution is 2.22. The fraction of sp³-hybridized carbons (Fsp3) is 0.296. The minimum atomic E-state index is -0.692. The van der Waals surface area contributed by atoms with Crippen molar-refractivity contribution in [2.75, 3.05) is 13.2 Å². The van der Waals surface area contributed by atoms with E-state index in [9.17, 15) is 9.90 Å². The van der Waals surface area contributed by atoms with E-state index in [4.69, 9.17) is 21.1 Å². The topological polar surface area (TPSA) is 67.8 Å². The van der Waals surface area contributed by atoms with Gasteiger partial charge in [-0.05, 0) is 60.7 Å². The maximum absolute atomic E-state index is 11.7. The predicted molar refractivity (Wildman–Crippen MR) is 131 cm³/mol. The first kappa shape index (κ1) is 24.8. The van der Waals surface area contributed by atoms with Gasteiger partial charge in [0, 0.05) is 24.0 Å². The Bertz CT molecular complexity index is 1040. The molecule has 33 heavy (non-hydrogen) atoms. The number of hydrogen-bond acceptors (Lipinski definition) is 5. The summed E-state index contributed by atoms with van der Waals surface area (Å²) in [6, 6.07) is 23.3. The molecule has 0 amide bonds. The van der Waals surface area contributed by atoms with E-state index in [1.54, 1.807) is 25.1 Å². The lowest BCUT2D eigenvalue weighted by molar-refractivity contribution is 0.104. The fourth-order valence-corrected chi connectivity index (χ4v) is 3.77. The van der Waals surface area contributed by atoms with Crippen molar-refractivity contribution < 1.29 is 19.4 Å². The molecule has 174 valence electrons. The van der Waals surface area contributed by atoms with Gasteiger partial charge in [-0.25, -0.2) is 4.79 Å². The Labute approximate surface area is 200 Å². The van der Waals surface area contributed by atoms with Gasteiger partial charge in [0.05, 0.1) is 12.7 Å². The van der Waals surface area contributed by atoms with Crippen LogP contribution >= 0.6 is 11.6 Å². The standard InChI is InChI=1S/C27H30ClNO4/c1-3-32-27(31)33-26-10-5-4-7-23(26)16-21-13-11-20(12-14-21)15-19(2)29-18-25(30)22-8-6-9-24(28)17-22/h4-14,17,19,25,29-30H,3,15-16,18H2,1-2H3. The third-order valence-electron chi connectivity index (χ3n) is 5.28. The number of hydrogen-bond donors (Lipinski definition) is 2. The van der Waals surface area contributed by atoms with Crippen LogP contribution in [0.5, 0.6) is 5.75 Å². The first-order chi connectivity index (χ1) is 15.9. The lowest BCUT2D eigenvalue weighted by Crippen LogP contribution is -2.32. The molecule has 0 fully saturated rings. The van der Waals surface area contributed by atoms with Crippen LogP contribution in [0.15, 0.2) is 72.8 Å². The van der Waals surface area contributed by atoms with Crippen molar-refractivity contribution in [3.05, 3.63) is 100 Å². The number of carbonyl (C=O) groups is 1. The molecule has 2 atom stereocenters. The molecular formula is C27H30ClNO4. The van der Waals surface area contributed by atoms with E-state index in [-0.39, 0.29) is 12.6 Å². The van der Waals surface area contributed by atoms with Crippen molar-refractivity contribution in [3.63, 3.8) is 0 Å². The predicted octanol–water partition coefficient (Wildman–Crippen LogP) is 5.72. The Morgan fingerprint density at radius 3 is 2.48 bits per heavy atom. The molecule has 0 bridgehead atoms.